The van der Waals surface area contributed by atoms with E-state index in [1.807, 2.05) is 12.1 Å². The number of nitrogens with one attached hydrogen (secondary N) is 2. The molecule has 27 heavy (non-hydrogen) atoms. The van der Waals surface area contributed by atoms with E-state index in [9.17, 15) is 13.2 Å². The second-order valence-corrected chi connectivity index (χ2v) is 7.19. The number of alkyl halides is 3. The van der Waals surface area contributed by atoms with Crippen LogP contribution in [-0.2, 0) is 13.1 Å². The Morgan fingerprint density at radius 2 is 1.78 bits per heavy atom. The van der Waals surface area contributed by atoms with Crippen LogP contribution < -0.4 is 10.6 Å². The van der Waals surface area contributed by atoms with E-state index in [1.54, 1.807) is 7.05 Å². The quantitative estimate of drug-likeness (QED) is 0.550. The summed E-state index contributed by atoms with van der Waals surface area (Å²) >= 11 is 0. The van der Waals surface area contributed by atoms with Crippen molar-refractivity contribution in [2.45, 2.75) is 63.8 Å². The number of rotatable bonds is 7. The largest absolute Gasteiger partial charge is 0.390 e. The van der Waals surface area contributed by atoms with Crippen LogP contribution in [0.3, 0.4) is 0 Å². The van der Waals surface area contributed by atoms with Gasteiger partial charge in [-0.2, -0.15) is 13.2 Å². The van der Waals surface area contributed by atoms with E-state index in [4.69, 9.17) is 0 Å². The number of nitrogens with zero attached hydrogens (tertiary/aromatic N) is 2. The average molecular weight is 384 g/mol. The smallest absolute Gasteiger partial charge is 0.356 e. The van der Waals surface area contributed by atoms with Crippen LogP contribution in [0.2, 0.25) is 0 Å². The number of halogens is 3. The van der Waals surface area contributed by atoms with Crippen molar-refractivity contribution in [3.8, 4) is 0 Å². The van der Waals surface area contributed by atoms with Crippen molar-refractivity contribution in [3.05, 3.63) is 35.4 Å². The molecule has 0 saturated heterocycles. The first-order valence-corrected chi connectivity index (χ1v) is 9.67. The molecule has 0 aliphatic heterocycles. The molecule has 1 aromatic rings. The van der Waals surface area contributed by atoms with Gasteiger partial charge in [-0.3, -0.25) is 9.89 Å². The Balaban J connectivity index is 1.88. The molecule has 0 radical (unpaired) electrons. The highest BCUT2D eigenvalue weighted by Crippen LogP contribution is 2.23. The molecule has 2 N–H and O–H groups in total. The lowest BCUT2D eigenvalue weighted by molar-refractivity contribution is -0.132. The van der Waals surface area contributed by atoms with Crippen LogP contribution >= 0.6 is 0 Å². The molecule has 1 aromatic carbocycles. The summed E-state index contributed by atoms with van der Waals surface area (Å²) in [5.41, 5.74) is 2.38. The van der Waals surface area contributed by atoms with Gasteiger partial charge in [-0.05, 0) is 31.0 Å². The summed E-state index contributed by atoms with van der Waals surface area (Å²) in [7, 11) is 3.74. The van der Waals surface area contributed by atoms with Gasteiger partial charge in [0.25, 0.3) is 0 Å². The van der Waals surface area contributed by atoms with Crippen LogP contribution in [-0.4, -0.2) is 43.7 Å². The van der Waals surface area contributed by atoms with Crippen LogP contribution in [0.25, 0.3) is 0 Å². The lowest BCUT2D eigenvalue weighted by Crippen LogP contribution is -2.39. The van der Waals surface area contributed by atoms with E-state index in [2.05, 4.69) is 39.7 Å². The number of aliphatic imine (C=N–C) groups is 1. The number of guanidine groups is 1. The minimum absolute atomic E-state index is 0.185. The topological polar surface area (TPSA) is 39.7 Å². The van der Waals surface area contributed by atoms with Crippen molar-refractivity contribution in [3.63, 3.8) is 0 Å². The predicted molar refractivity (Wildman–Crippen MR) is 104 cm³/mol. The maximum Gasteiger partial charge on any atom is 0.390 e. The molecule has 4 nitrogen and oxygen atoms in total. The lowest BCUT2D eigenvalue weighted by Gasteiger charge is -2.31. The van der Waals surface area contributed by atoms with E-state index in [-0.39, 0.29) is 6.54 Å². The Morgan fingerprint density at radius 1 is 1.11 bits per heavy atom. The van der Waals surface area contributed by atoms with Crippen molar-refractivity contribution in [1.29, 1.82) is 0 Å². The molecule has 0 bridgehead atoms. The van der Waals surface area contributed by atoms with Crippen molar-refractivity contribution in [1.82, 2.24) is 15.5 Å². The van der Waals surface area contributed by atoms with Gasteiger partial charge in [0.2, 0.25) is 0 Å². The molecule has 0 heterocycles. The molecule has 1 saturated carbocycles. The van der Waals surface area contributed by atoms with E-state index in [0.29, 0.717) is 18.5 Å². The van der Waals surface area contributed by atoms with Crippen LogP contribution in [0.1, 0.15) is 49.7 Å². The minimum Gasteiger partial charge on any atom is -0.356 e. The molecular weight excluding hydrogens is 353 g/mol. The van der Waals surface area contributed by atoms with Crippen LogP contribution in [0.5, 0.6) is 0 Å². The Kier molecular flexibility index (Phi) is 8.41. The van der Waals surface area contributed by atoms with Gasteiger partial charge in [0.1, 0.15) is 0 Å². The summed E-state index contributed by atoms with van der Waals surface area (Å²) in [5.74, 6) is 0.384. The summed E-state index contributed by atoms with van der Waals surface area (Å²) in [6.07, 6.45) is 1.42. The van der Waals surface area contributed by atoms with E-state index in [0.717, 1.165) is 12.1 Å². The summed E-state index contributed by atoms with van der Waals surface area (Å²) in [5, 5.41) is 5.83. The Hall–Kier alpha value is -1.76. The first-order valence-electron chi connectivity index (χ1n) is 9.67. The molecule has 7 heteroatoms. The van der Waals surface area contributed by atoms with Gasteiger partial charge < -0.3 is 10.6 Å². The third kappa shape index (κ3) is 7.79. The van der Waals surface area contributed by atoms with E-state index in [1.165, 1.54) is 37.7 Å². The third-order valence-electron chi connectivity index (χ3n) is 5.11. The molecule has 0 aromatic heterocycles. The molecular formula is C20H31F3N4. The van der Waals surface area contributed by atoms with Crippen molar-refractivity contribution < 1.29 is 13.2 Å². The summed E-state index contributed by atoms with van der Waals surface area (Å²) < 4.78 is 36.9. The fraction of sp³-hybridized carbons (Fsp3) is 0.650. The van der Waals surface area contributed by atoms with Gasteiger partial charge in [0.15, 0.2) is 5.96 Å². The Bertz CT molecular complexity index is 595. The zero-order valence-electron chi connectivity index (χ0n) is 16.3. The zero-order chi connectivity index (χ0) is 19.7. The molecule has 0 unspecified atom stereocenters. The van der Waals surface area contributed by atoms with Gasteiger partial charge in [-0.15, -0.1) is 0 Å². The van der Waals surface area contributed by atoms with E-state index >= 15 is 0 Å². The molecule has 2 rings (SSSR count). The molecule has 1 aliphatic carbocycles. The van der Waals surface area contributed by atoms with Gasteiger partial charge in [0.05, 0.1) is 6.42 Å². The Morgan fingerprint density at radius 3 is 2.41 bits per heavy atom. The second kappa shape index (κ2) is 10.5. The maximum absolute atomic E-state index is 12.3. The van der Waals surface area contributed by atoms with Crippen LogP contribution in [0.4, 0.5) is 13.2 Å². The predicted octanol–water partition coefficient (Wildman–Crippen LogP) is 4.07. The fourth-order valence-electron chi connectivity index (χ4n) is 3.53. The maximum atomic E-state index is 12.3. The van der Waals surface area contributed by atoms with Crippen LogP contribution in [0, 0.1) is 0 Å². The fourth-order valence-corrected chi connectivity index (χ4v) is 3.53. The SMILES string of the molecule is CN=C(NCCC(F)(F)F)NCc1ccccc1CN(C)C1CCCCC1. The van der Waals surface area contributed by atoms with Crippen molar-refractivity contribution in [2.75, 3.05) is 20.6 Å². The highest BCUT2D eigenvalue weighted by Gasteiger charge is 2.26. The normalized spacial score (nSPS) is 16.6. The Labute approximate surface area is 160 Å². The summed E-state index contributed by atoms with van der Waals surface area (Å²) in [6, 6.07) is 8.83. The molecule has 1 fully saturated rings. The number of hydrogen-bond acceptors (Lipinski definition) is 2. The van der Waals surface area contributed by atoms with Crippen molar-refractivity contribution in [2.24, 2.45) is 4.99 Å². The standard InChI is InChI=1S/C20H31F3N4/c1-24-19(25-13-12-20(21,22)23)26-14-16-8-6-7-9-17(16)15-27(2)18-10-4-3-5-11-18/h6-9,18H,3-5,10-15H2,1-2H3,(H2,24,25,26). The van der Waals surface area contributed by atoms with Gasteiger partial charge in [-0.1, -0.05) is 43.5 Å². The zero-order valence-corrected chi connectivity index (χ0v) is 16.3. The average Bonchev–Trinajstić information content (AvgIpc) is 2.65. The molecule has 0 atom stereocenters. The van der Waals surface area contributed by atoms with Crippen molar-refractivity contribution >= 4 is 5.96 Å². The summed E-state index contributed by atoms with van der Waals surface area (Å²) in [4.78, 5) is 6.43. The van der Waals surface area contributed by atoms with Gasteiger partial charge in [0, 0.05) is 32.7 Å². The molecule has 1 aliphatic rings. The molecule has 0 amide bonds. The lowest BCUT2D eigenvalue weighted by atomic mass is 9.94. The van der Waals surface area contributed by atoms with Gasteiger partial charge in [-0.25, -0.2) is 0 Å². The first-order chi connectivity index (χ1) is 12.9. The number of benzene rings is 1. The minimum atomic E-state index is -4.16. The highest BCUT2D eigenvalue weighted by molar-refractivity contribution is 5.79. The van der Waals surface area contributed by atoms with Gasteiger partial charge >= 0.3 is 6.18 Å². The summed E-state index contributed by atoms with van der Waals surface area (Å²) in [6.45, 7) is 1.22. The monoisotopic (exact) mass is 384 g/mol. The van der Waals surface area contributed by atoms with E-state index < -0.39 is 12.6 Å². The highest BCUT2D eigenvalue weighted by atomic mass is 19.4. The van der Waals surface area contributed by atoms with Crippen LogP contribution in [0.15, 0.2) is 29.3 Å². The first kappa shape index (κ1) is 21.5. The second-order valence-electron chi connectivity index (χ2n) is 7.19. The number of hydrogen-bond donors (Lipinski definition) is 2. The molecule has 0 spiro atoms. The molecule has 152 valence electrons. The third-order valence-corrected chi connectivity index (χ3v) is 5.11.